The molecule has 0 aliphatic heterocycles. The summed E-state index contributed by atoms with van der Waals surface area (Å²) in [4.78, 5) is 11.1. The number of hydrogen-bond acceptors (Lipinski definition) is 2. The van der Waals surface area contributed by atoms with Gasteiger partial charge < -0.3 is 9.53 Å². The highest BCUT2D eigenvalue weighted by atomic mass is 16.5. The molecule has 1 aromatic carbocycles. The molecule has 2 nitrogen and oxygen atoms in total. The monoisotopic (exact) mass is 220 g/mol. The SMILES string of the molecule is COc1ccc(C(C)C)cc1C(C)(C)C=O. The van der Waals surface area contributed by atoms with E-state index in [2.05, 4.69) is 19.9 Å². The highest BCUT2D eigenvalue weighted by molar-refractivity contribution is 5.69. The Balaban J connectivity index is 3.33. The summed E-state index contributed by atoms with van der Waals surface area (Å²) < 4.78 is 5.31. The Bertz CT molecular complexity index is 378. The Morgan fingerprint density at radius 2 is 1.94 bits per heavy atom. The lowest BCUT2D eigenvalue weighted by atomic mass is 9.83. The Morgan fingerprint density at radius 3 is 2.38 bits per heavy atom. The van der Waals surface area contributed by atoms with Crippen molar-refractivity contribution < 1.29 is 9.53 Å². The summed E-state index contributed by atoms with van der Waals surface area (Å²) in [5.41, 5.74) is 1.68. The van der Waals surface area contributed by atoms with E-state index in [-0.39, 0.29) is 0 Å². The van der Waals surface area contributed by atoms with Gasteiger partial charge in [-0.15, -0.1) is 0 Å². The minimum Gasteiger partial charge on any atom is -0.496 e. The normalized spacial score (nSPS) is 11.6. The molecular weight excluding hydrogens is 200 g/mol. The molecule has 0 amide bonds. The van der Waals surface area contributed by atoms with Gasteiger partial charge in [0.15, 0.2) is 0 Å². The molecule has 0 spiro atoms. The minimum atomic E-state index is -0.504. The second kappa shape index (κ2) is 4.69. The van der Waals surface area contributed by atoms with E-state index in [0.29, 0.717) is 5.92 Å². The minimum absolute atomic E-state index is 0.451. The van der Waals surface area contributed by atoms with Gasteiger partial charge in [-0.05, 0) is 31.4 Å². The lowest BCUT2D eigenvalue weighted by Crippen LogP contribution is -2.20. The van der Waals surface area contributed by atoms with Crippen LogP contribution < -0.4 is 4.74 Å². The summed E-state index contributed by atoms with van der Waals surface area (Å²) in [5.74, 6) is 1.23. The summed E-state index contributed by atoms with van der Waals surface area (Å²) in [6.07, 6.45) is 0.967. The molecule has 0 saturated heterocycles. The van der Waals surface area contributed by atoms with Crippen LogP contribution in [-0.4, -0.2) is 13.4 Å². The highest BCUT2D eigenvalue weighted by Crippen LogP contribution is 2.32. The van der Waals surface area contributed by atoms with Crippen molar-refractivity contribution in [2.75, 3.05) is 7.11 Å². The van der Waals surface area contributed by atoms with E-state index in [1.165, 1.54) is 5.56 Å². The molecule has 0 saturated carbocycles. The van der Waals surface area contributed by atoms with E-state index in [1.807, 2.05) is 26.0 Å². The van der Waals surface area contributed by atoms with E-state index in [1.54, 1.807) is 7.11 Å². The molecule has 0 N–H and O–H groups in total. The van der Waals surface area contributed by atoms with Crippen molar-refractivity contribution in [2.24, 2.45) is 0 Å². The van der Waals surface area contributed by atoms with Crippen molar-refractivity contribution in [3.05, 3.63) is 29.3 Å². The third-order valence-corrected chi connectivity index (χ3v) is 2.88. The molecule has 16 heavy (non-hydrogen) atoms. The maximum Gasteiger partial charge on any atom is 0.130 e. The van der Waals surface area contributed by atoms with E-state index in [4.69, 9.17) is 4.74 Å². The van der Waals surface area contributed by atoms with Gasteiger partial charge in [0.2, 0.25) is 0 Å². The number of benzene rings is 1. The third-order valence-electron chi connectivity index (χ3n) is 2.88. The molecule has 0 heterocycles. The quantitative estimate of drug-likeness (QED) is 0.728. The number of aldehydes is 1. The van der Waals surface area contributed by atoms with Gasteiger partial charge in [-0.1, -0.05) is 26.0 Å². The smallest absolute Gasteiger partial charge is 0.130 e. The second-order valence-electron chi connectivity index (χ2n) is 4.95. The first kappa shape index (κ1) is 12.8. The summed E-state index contributed by atoms with van der Waals surface area (Å²) >= 11 is 0. The number of ether oxygens (including phenoxy) is 1. The number of hydrogen-bond donors (Lipinski definition) is 0. The lowest BCUT2D eigenvalue weighted by molar-refractivity contribution is -0.111. The summed E-state index contributed by atoms with van der Waals surface area (Å²) in [6, 6.07) is 6.06. The zero-order chi connectivity index (χ0) is 12.3. The molecule has 88 valence electrons. The molecule has 0 aromatic heterocycles. The van der Waals surface area contributed by atoms with Gasteiger partial charge in [0, 0.05) is 11.0 Å². The van der Waals surface area contributed by atoms with Crippen LogP contribution >= 0.6 is 0 Å². The largest absolute Gasteiger partial charge is 0.496 e. The number of carbonyl (C=O) groups is 1. The van der Waals surface area contributed by atoms with Gasteiger partial charge in [-0.2, -0.15) is 0 Å². The van der Waals surface area contributed by atoms with Gasteiger partial charge >= 0.3 is 0 Å². The van der Waals surface area contributed by atoms with Crippen LogP contribution in [0.25, 0.3) is 0 Å². The van der Waals surface area contributed by atoms with Crippen LogP contribution in [0.5, 0.6) is 5.75 Å². The topological polar surface area (TPSA) is 26.3 Å². The number of methoxy groups -OCH3 is 1. The molecule has 0 bridgehead atoms. The van der Waals surface area contributed by atoms with Crippen LogP contribution in [0, 0.1) is 0 Å². The van der Waals surface area contributed by atoms with Crippen molar-refractivity contribution in [2.45, 2.75) is 39.0 Å². The van der Waals surface area contributed by atoms with Gasteiger partial charge in [-0.3, -0.25) is 0 Å². The molecule has 1 aromatic rings. The van der Waals surface area contributed by atoms with E-state index >= 15 is 0 Å². The van der Waals surface area contributed by atoms with Crippen LogP contribution in [0.1, 0.15) is 44.7 Å². The molecule has 1 rings (SSSR count). The Kier molecular flexibility index (Phi) is 3.74. The van der Waals surface area contributed by atoms with Crippen molar-refractivity contribution in [1.82, 2.24) is 0 Å². The Labute approximate surface area is 97.6 Å². The molecule has 0 aliphatic rings. The standard InChI is InChI=1S/C14H20O2/c1-10(2)11-6-7-13(16-5)12(8-11)14(3,4)9-15/h6-10H,1-5H3. The maximum atomic E-state index is 11.1. The average Bonchev–Trinajstić information content (AvgIpc) is 2.28. The Morgan fingerprint density at radius 1 is 1.31 bits per heavy atom. The second-order valence-corrected chi connectivity index (χ2v) is 4.95. The predicted octanol–water partition coefficient (Wildman–Crippen LogP) is 3.30. The summed E-state index contributed by atoms with van der Waals surface area (Å²) in [6.45, 7) is 8.09. The highest BCUT2D eigenvalue weighted by Gasteiger charge is 2.24. The zero-order valence-corrected chi connectivity index (χ0v) is 10.7. The first-order valence-electron chi connectivity index (χ1n) is 5.57. The van der Waals surface area contributed by atoms with Gasteiger partial charge in [0.05, 0.1) is 7.11 Å². The van der Waals surface area contributed by atoms with E-state index in [0.717, 1.165) is 17.6 Å². The molecule has 0 radical (unpaired) electrons. The first-order chi connectivity index (χ1) is 7.42. The Hall–Kier alpha value is -1.31. The van der Waals surface area contributed by atoms with Crippen molar-refractivity contribution in [3.63, 3.8) is 0 Å². The predicted molar refractivity (Wildman–Crippen MR) is 66.2 cm³/mol. The van der Waals surface area contributed by atoms with Gasteiger partial charge in [0.25, 0.3) is 0 Å². The van der Waals surface area contributed by atoms with Crippen LogP contribution in [0.2, 0.25) is 0 Å². The molecule has 0 unspecified atom stereocenters. The third kappa shape index (κ3) is 2.43. The fourth-order valence-electron chi connectivity index (χ4n) is 1.65. The maximum absolute atomic E-state index is 11.1. The van der Waals surface area contributed by atoms with Crippen LogP contribution in [0.4, 0.5) is 0 Å². The first-order valence-corrected chi connectivity index (χ1v) is 5.57. The van der Waals surface area contributed by atoms with Crippen LogP contribution in [0.15, 0.2) is 18.2 Å². The summed E-state index contributed by atoms with van der Waals surface area (Å²) in [7, 11) is 1.63. The molecular formula is C14H20O2. The number of rotatable bonds is 4. The number of carbonyl (C=O) groups excluding carboxylic acids is 1. The fraction of sp³-hybridized carbons (Fsp3) is 0.500. The molecule has 0 atom stereocenters. The van der Waals surface area contributed by atoms with E-state index in [9.17, 15) is 4.79 Å². The van der Waals surface area contributed by atoms with Crippen molar-refractivity contribution in [1.29, 1.82) is 0 Å². The van der Waals surface area contributed by atoms with Crippen molar-refractivity contribution in [3.8, 4) is 5.75 Å². The van der Waals surface area contributed by atoms with E-state index < -0.39 is 5.41 Å². The molecule has 0 aliphatic carbocycles. The molecule has 0 fully saturated rings. The van der Waals surface area contributed by atoms with Crippen LogP contribution in [0.3, 0.4) is 0 Å². The van der Waals surface area contributed by atoms with Gasteiger partial charge in [0.1, 0.15) is 12.0 Å². The zero-order valence-electron chi connectivity index (χ0n) is 10.7. The van der Waals surface area contributed by atoms with Gasteiger partial charge in [-0.25, -0.2) is 0 Å². The fourth-order valence-corrected chi connectivity index (χ4v) is 1.65. The molecule has 2 heteroatoms. The lowest BCUT2D eigenvalue weighted by Gasteiger charge is -2.22. The van der Waals surface area contributed by atoms with Crippen molar-refractivity contribution >= 4 is 6.29 Å². The van der Waals surface area contributed by atoms with Crippen LogP contribution in [-0.2, 0) is 10.2 Å². The summed E-state index contributed by atoms with van der Waals surface area (Å²) in [5, 5.41) is 0. The average molecular weight is 220 g/mol.